The van der Waals surface area contributed by atoms with Gasteiger partial charge in [-0.25, -0.2) is 18.3 Å². The van der Waals surface area contributed by atoms with E-state index in [2.05, 4.69) is 5.10 Å². The lowest BCUT2D eigenvalue weighted by Gasteiger charge is -2.18. The maximum atomic E-state index is 14.5. The zero-order valence-electron chi connectivity index (χ0n) is 18.5. The second-order valence-corrected chi connectivity index (χ2v) is 7.97. The molecule has 0 aliphatic heterocycles. The summed E-state index contributed by atoms with van der Waals surface area (Å²) < 4.78 is 70.8. The van der Waals surface area contributed by atoms with Gasteiger partial charge >= 0.3 is 11.9 Å². The standard InChI is InChI=1S/C25H19F5N4O2/c26-19-11-5-4-9-16(19)22-23(35)33(14-21(31)15-7-2-1-3-8-15)24(36)34(32-22)13-17-18(25(28,29)30)10-6-12-20(17)27/h1-12,21H,13-14,31H2. The van der Waals surface area contributed by atoms with Crippen LogP contribution in [-0.2, 0) is 19.3 Å². The fraction of sp³-hybridized carbons (Fsp3) is 0.160. The summed E-state index contributed by atoms with van der Waals surface area (Å²) in [6.45, 7) is -1.34. The number of hydrogen-bond donors (Lipinski definition) is 1. The Bertz CT molecular complexity index is 1510. The number of alkyl halides is 3. The van der Waals surface area contributed by atoms with Crippen LogP contribution in [0.2, 0.25) is 0 Å². The van der Waals surface area contributed by atoms with Crippen molar-refractivity contribution >= 4 is 0 Å². The highest BCUT2D eigenvalue weighted by molar-refractivity contribution is 5.58. The van der Waals surface area contributed by atoms with Gasteiger partial charge in [0.05, 0.1) is 18.7 Å². The number of aromatic nitrogens is 3. The normalized spacial score (nSPS) is 12.5. The van der Waals surface area contributed by atoms with E-state index < -0.39 is 58.5 Å². The summed E-state index contributed by atoms with van der Waals surface area (Å²) in [4.78, 5) is 26.4. The van der Waals surface area contributed by atoms with Gasteiger partial charge in [-0.2, -0.15) is 18.3 Å². The lowest BCUT2D eigenvalue weighted by molar-refractivity contribution is -0.138. The van der Waals surface area contributed by atoms with Crippen LogP contribution in [0, 0.1) is 11.6 Å². The smallest absolute Gasteiger partial charge is 0.322 e. The molecule has 186 valence electrons. The first kappa shape index (κ1) is 25.0. The molecule has 0 amide bonds. The van der Waals surface area contributed by atoms with Crippen LogP contribution >= 0.6 is 0 Å². The minimum Gasteiger partial charge on any atom is -0.322 e. The molecule has 2 N–H and O–H groups in total. The molecule has 0 saturated carbocycles. The summed E-state index contributed by atoms with van der Waals surface area (Å²) in [7, 11) is 0. The topological polar surface area (TPSA) is 82.9 Å². The molecule has 6 nitrogen and oxygen atoms in total. The Balaban J connectivity index is 1.91. The molecule has 1 heterocycles. The van der Waals surface area contributed by atoms with Gasteiger partial charge in [0, 0.05) is 17.2 Å². The summed E-state index contributed by atoms with van der Waals surface area (Å²) in [6, 6.07) is 15.1. The second-order valence-electron chi connectivity index (χ2n) is 7.97. The third-order valence-corrected chi connectivity index (χ3v) is 5.59. The number of nitrogens with zero attached hydrogens (tertiary/aromatic N) is 3. The quantitative estimate of drug-likeness (QED) is 0.402. The molecule has 0 spiro atoms. The van der Waals surface area contributed by atoms with Crippen LogP contribution in [0.25, 0.3) is 11.3 Å². The molecule has 0 aliphatic carbocycles. The van der Waals surface area contributed by atoms with Gasteiger partial charge in [0.2, 0.25) is 0 Å². The van der Waals surface area contributed by atoms with Gasteiger partial charge in [-0.15, -0.1) is 0 Å². The molecule has 4 aromatic rings. The predicted octanol–water partition coefficient (Wildman–Crippen LogP) is 4.12. The first-order valence-corrected chi connectivity index (χ1v) is 10.7. The molecule has 4 rings (SSSR count). The van der Waals surface area contributed by atoms with Gasteiger partial charge < -0.3 is 5.73 Å². The largest absolute Gasteiger partial charge is 0.416 e. The van der Waals surface area contributed by atoms with Gasteiger partial charge in [0.25, 0.3) is 5.56 Å². The Morgan fingerprint density at radius 1 is 0.861 bits per heavy atom. The number of halogens is 5. The minimum absolute atomic E-state index is 0.275. The summed E-state index contributed by atoms with van der Waals surface area (Å²) >= 11 is 0. The fourth-order valence-electron chi connectivity index (χ4n) is 3.78. The molecule has 36 heavy (non-hydrogen) atoms. The summed E-state index contributed by atoms with van der Waals surface area (Å²) in [6.07, 6.45) is -4.92. The lowest BCUT2D eigenvalue weighted by Crippen LogP contribution is -2.44. The third kappa shape index (κ3) is 4.96. The zero-order valence-corrected chi connectivity index (χ0v) is 18.5. The Morgan fingerprint density at radius 3 is 2.17 bits per heavy atom. The van der Waals surface area contributed by atoms with Crippen molar-refractivity contribution in [2.75, 3.05) is 0 Å². The predicted molar refractivity (Wildman–Crippen MR) is 122 cm³/mol. The summed E-state index contributed by atoms with van der Waals surface area (Å²) in [5.74, 6) is -2.06. The van der Waals surface area contributed by atoms with Gasteiger partial charge in [0.15, 0.2) is 5.69 Å². The van der Waals surface area contributed by atoms with Crippen molar-refractivity contribution in [1.82, 2.24) is 14.3 Å². The first-order valence-electron chi connectivity index (χ1n) is 10.7. The molecule has 0 fully saturated rings. The van der Waals surface area contributed by atoms with Crippen LogP contribution in [0.15, 0.2) is 82.4 Å². The number of nitrogens with two attached hydrogens (primary N) is 1. The van der Waals surface area contributed by atoms with Gasteiger partial charge in [-0.1, -0.05) is 48.5 Å². The molecular weight excluding hydrogens is 483 g/mol. The fourth-order valence-corrected chi connectivity index (χ4v) is 3.78. The van der Waals surface area contributed by atoms with E-state index in [0.29, 0.717) is 20.9 Å². The van der Waals surface area contributed by atoms with Crippen molar-refractivity contribution < 1.29 is 22.0 Å². The lowest BCUT2D eigenvalue weighted by atomic mass is 10.1. The van der Waals surface area contributed by atoms with Crippen molar-refractivity contribution in [1.29, 1.82) is 0 Å². The molecule has 1 aromatic heterocycles. The molecule has 1 atom stereocenters. The molecule has 0 bridgehead atoms. The number of benzene rings is 3. The van der Waals surface area contributed by atoms with Crippen molar-refractivity contribution in [2.24, 2.45) is 5.73 Å². The van der Waals surface area contributed by atoms with Crippen LogP contribution in [0.1, 0.15) is 22.7 Å². The van der Waals surface area contributed by atoms with E-state index in [4.69, 9.17) is 5.73 Å². The molecule has 0 saturated heterocycles. The van der Waals surface area contributed by atoms with E-state index >= 15 is 0 Å². The van der Waals surface area contributed by atoms with Gasteiger partial charge in [-0.3, -0.25) is 9.36 Å². The summed E-state index contributed by atoms with van der Waals surface area (Å²) in [5.41, 5.74) is 1.69. The molecule has 0 aliphatic rings. The molecule has 11 heteroatoms. The first-order chi connectivity index (χ1) is 17.1. The molecule has 1 unspecified atom stereocenters. The van der Waals surface area contributed by atoms with Crippen molar-refractivity contribution in [3.05, 3.63) is 122 Å². The molecule has 0 radical (unpaired) electrons. The van der Waals surface area contributed by atoms with Crippen molar-refractivity contribution in [3.8, 4) is 11.3 Å². The monoisotopic (exact) mass is 502 g/mol. The Hall–Kier alpha value is -4.12. The number of rotatable bonds is 6. The maximum absolute atomic E-state index is 14.5. The molecule has 3 aromatic carbocycles. The SMILES string of the molecule is NC(Cn1c(=O)c(-c2ccccc2F)nn(Cc2c(F)cccc2C(F)(F)F)c1=O)c1ccccc1. The van der Waals surface area contributed by atoms with E-state index in [1.807, 2.05) is 0 Å². The van der Waals surface area contributed by atoms with E-state index in [0.717, 1.165) is 18.2 Å². The van der Waals surface area contributed by atoms with Crippen molar-refractivity contribution in [2.45, 2.75) is 25.3 Å². The van der Waals surface area contributed by atoms with Crippen LogP contribution in [0.4, 0.5) is 22.0 Å². The van der Waals surface area contributed by atoms with E-state index in [1.165, 1.54) is 18.2 Å². The van der Waals surface area contributed by atoms with Crippen LogP contribution in [-0.4, -0.2) is 14.3 Å². The Kier molecular flexibility index (Phi) is 6.84. The van der Waals surface area contributed by atoms with E-state index in [-0.39, 0.29) is 12.1 Å². The maximum Gasteiger partial charge on any atom is 0.416 e. The highest BCUT2D eigenvalue weighted by Crippen LogP contribution is 2.33. The highest BCUT2D eigenvalue weighted by atomic mass is 19.4. The molecular formula is C25H19F5N4O2. The zero-order chi connectivity index (χ0) is 26.0. The second kappa shape index (κ2) is 9.86. The average molecular weight is 502 g/mol. The summed E-state index contributed by atoms with van der Waals surface area (Å²) in [5, 5.41) is 3.86. The van der Waals surface area contributed by atoms with E-state index in [1.54, 1.807) is 30.3 Å². The van der Waals surface area contributed by atoms with Gasteiger partial charge in [-0.05, 0) is 29.8 Å². The highest BCUT2D eigenvalue weighted by Gasteiger charge is 2.35. The van der Waals surface area contributed by atoms with Crippen LogP contribution in [0.5, 0.6) is 0 Å². The van der Waals surface area contributed by atoms with Crippen LogP contribution < -0.4 is 17.0 Å². The Morgan fingerprint density at radius 2 is 1.50 bits per heavy atom. The van der Waals surface area contributed by atoms with Gasteiger partial charge in [0.1, 0.15) is 11.6 Å². The van der Waals surface area contributed by atoms with Crippen molar-refractivity contribution in [3.63, 3.8) is 0 Å². The minimum atomic E-state index is -4.92. The Labute approximate surface area is 201 Å². The third-order valence-electron chi connectivity index (χ3n) is 5.59. The van der Waals surface area contributed by atoms with Crippen LogP contribution in [0.3, 0.4) is 0 Å². The number of hydrogen-bond acceptors (Lipinski definition) is 4. The van der Waals surface area contributed by atoms with E-state index in [9.17, 15) is 31.5 Å². The average Bonchev–Trinajstić information content (AvgIpc) is 2.85.